The maximum Gasteiger partial charge on any atom is 0.120 e. The fourth-order valence-electron chi connectivity index (χ4n) is 2.19. The van der Waals surface area contributed by atoms with Gasteiger partial charge in [-0.2, -0.15) is 0 Å². The minimum Gasteiger partial charge on any atom is -0.508 e. The van der Waals surface area contributed by atoms with Crippen molar-refractivity contribution in [2.75, 3.05) is 24.6 Å². The predicted molar refractivity (Wildman–Crippen MR) is 60.3 cm³/mol. The van der Waals surface area contributed by atoms with Gasteiger partial charge in [-0.3, -0.25) is 0 Å². The maximum absolute atomic E-state index is 9.75. The van der Waals surface area contributed by atoms with Crippen LogP contribution in [0.15, 0.2) is 18.2 Å². The molecule has 15 heavy (non-hydrogen) atoms. The molecular formula is C12H17NO2. The highest BCUT2D eigenvalue weighted by molar-refractivity contribution is 5.59. The van der Waals surface area contributed by atoms with Crippen molar-refractivity contribution < 1.29 is 10.2 Å². The second kappa shape index (κ2) is 4.53. The molecule has 3 nitrogen and oxygen atoms in total. The van der Waals surface area contributed by atoms with E-state index in [0.29, 0.717) is 12.2 Å². The van der Waals surface area contributed by atoms with Crippen LogP contribution in [-0.4, -0.2) is 29.9 Å². The monoisotopic (exact) mass is 207 g/mol. The van der Waals surface area contributed by atoms with Gasteiger partial charge in [0.2, 0.25) is 0 Å². The van der Waals surface area contributed by atoms with Gasteiger partial charge in [-0.1, -0.05) is 6.07 Å². The van der Waals surface area contributed by atoms with E-state index in [2.05, 4.69) is 4.90 Å². The number of phenols is 1. The molecule has 0 spiro atoms. The van der Waals surface area contributed by atoms with Crippen LogP contribution in [0, 0.1) is 0 Å². The molecule has 3 heteroatoms. The Morgan fingerprint density at radius 1 is 1.20 bits per heavy atom. The summed E-state index contributed by atoms with van der Waals surface area (Å²) in [5, 5.41) is 18.7. The molecule has 1 heterocycles. The first-order valence-electron chi connectivity index (χ1n) is 5.49. The molecule has 1 aromatic carbocycles. The van der Waals surface area contributed by atoms with Gasteiger partial charge in [-0.25, -0.2) is 0 Å². The molecule has 82 valence electrons. The molecular weight excluding hydrogens is 190 g/mol. The Labute approximate surface area is 90.0 Å². The lowest BCUT2D eigenvalue weighted by Crippen LogP contribution is -2.19. The summed E-state index contributed by atoms with van der Waals surface area (Å²) in [6.07, 6.45) is 2.96. The molecule has 0 radical (unpaired) electrons. The molecule has 2 rings (SSSR count). The van der Waals surface area contributed by atoms with Gasteiger partial charge in [0.1, 0.15) is 5.75 Å². The van der Waals surface area contributed by atoms with Gasteiger partial charge in [0.15, 0.2) is 0 Å². The number of nitrogens with zero attached hydrogens (tertiary/aromatic N) is 1. The minimum atomic E-state index is 0.0818. The van der Waals surface area contributed by atoms with E-state index in [1.807, 2.05) is 12.1 Å². The molecule has 1 aliphatic rings. The Morgan fingerprint density at radius 3 is 2.60 bits per heavy atom. The summed E-state index contributed by atoms with van der Waals surface area (Å²) in [6.45, 7) is 2.20. The third-order valence-electron chi connectivity index (χ3n) is 2.94. The van der Waals surface area contributed by atoms with E-state index < -0.39 is 0 Å². The molecule has 1 aliphatic heterocycles. The van der Waals surface area contributed by atoms with Crippen LogP contribution < -0.4 is 4.90 Å². The van der Waals surface area contributed by atoms with E-state index in [4.69, 9.17) is 5.11 Å². The van der Waals surface area contributed by atoms with Crippen LogP contribution in [0.1, 0.15) is 18.4 Å². The summed E-state index contributed by atoms with van der Waals surface area (Å²) in [7, 11) is 0. The smallest absolute Gasteiger partial charge is 0.120 e. The molecule has 0 saturated carbocycles. The minimum absolute atomic E-state index is 0.0818. The van der Waals surface area contributed by atoms with Gasteiger partial charge < -0.3 is 15.1 Å². The molecule has 1 aromatic rings. The van der Waals surface area contributed by atoms with Crippen molar-refractivity contribution >= 4 is 5.69 Å². The van der Waals surface area contributed by atoms with Gasteiger partial charge in [0, 0.05) is 37.4 Å². The van der Waals surface area contributed by atoms with Crippen molar-refractivity contribution in [1.82, 2.24) is 0 Å². The molecule has 0 unspecified atom stereocenters. The quantitative estimate of drug-likeness (QED) is 0.790. The zero-order chi connectivity index (χ0) is 10.7. The first-order valence-corrected chi connectivity index (χ1v) is 5.49. The van der Waals surface area contributed by atoms with Gasteiger partial charge >= 0.3 is 0 Å². The number of aliphatic hydroxyl groups is 1. The third-order valence-corrected chi connectivity index (χ3v) is 2.94. The molecule has 1 saturated heterocycles. The summed E-state index contributed by atoms with van der Waals surface area (Å²) in [6, 6.07) is 5.57. The molecule has 0 atom stereocenters. The number of aromatic hydroxyl groups is 1. The van der Waals surface area contributed by atoms with E-state index >= 15 is 0 Å². The van der Waals surface area contributed by atoms with E-state index in [1.54, 1.807) is 6.07 Å². The van der Waals surface area contributed by atoms with E-state index in [9.17, 15) is 5.11 Å². The molecule has 2 N–H and O–H groups in total. The second-order valence-corrected chi connectivity index (χ2v) is 3.94. The molecule has 0 amide bonds. The zero-order valence-electron chi connectivity index (χ0n) is 8.82. The highest BCUT2D eigenvalue weighted by Crippen LogP contribution is 2.30. The molecule has 1 fully saturated rings. The third kappa shape index (κ3) is 2.07. The Balaban J connectivity index is 2.31. The van der Waals surface area contributed by atoms with Gasteiger partial charge in [-0.05, 0) is 25.0 Å². The Hall–Kier alpha value is -1.22. The van der Waals surface area contributed by atoms with Crippen LogP contribution in [0.3, 0.4) is 0 Å². The van der Waals surface area contributed by atoms with E-state index in [0.717, 1.165) is 24.3 Å². The SMILES string of the molecule is OCCc1c(O)cccc1N1CCCC1. The fourth-order valence-corrected chi connectivity index (χ4v) is 2.19. The maximum atomic E-state index is 9.75. The number of rotatable bonds is 3. The van der Waals surface area contributed by atoms with Gasteiger partial charge in [0.25, 0.3) is 0 Å². The van der Waals surface area contributed by atoms with Crippen LogP contribution in [0.25, 0.3) is 0 Å². The molecule has 0 aliphatic carbocycles. The van der Waals surface area contributed by atoms with Crippen molar-refractivity contribution in [3.8, 4) is 5.75 Å². The highest BCUT2D eigenvalue weighted by Gasteiger charge is 2.17. The lowest BCUT2D eigenvalue weighted by molar-refractivity contribution is 0.297. The number of anilines is 1. The number of phenolic OH excluding ortho intramolecular Hbond substituents is 1. The normalized spacial score (nSPS) is 15.9. The van der Waals surface area contributed by atoms with Crippen molar-refractivity contribution in [3.05, 3.63) is 23.8 Å². The Morgan fingerprint density at radius 2 is 1.93 bits per heavy atom. The molecule has 0 bridgehead atoms. The first-order chi connectivity index (χ1) is 7.33. The van der Waals surface area contributed by atoms with Crippen molar-refractivity contribution in [2.24, 2.45) is 0 Å². The van der Waals surface area contributed by atoms with Crippen LogP contribution in [0.4, 0.5) is 5.69 Å². The summed E-state index contributed by atoms with van der Waals surface area (Å²) in [5.41, 5.74) is 1.96. The van der Waals surface area contributed by atoms with E-state index in [1.165, 1.54) is 12.8 Å². The number of hydrogen-bond acceptors (Lipinski definition) is 3. The van der Waals surface area contributed by atoms with Crippen LogP contribution in [0.5, 0.6) is 5.75 Å². The van der Waals surface area contributed by atoms with E-state index in [-0.39, 0.29) is 6.61 Å². The standard InChI is InChI=1S/C12H17NO2/c14-9-6-10-11(4-3-5-12(10)15)13-7-1-2-8-13/h3-5,14-15H,1-2,6-9H2. The van der Waals surface area contributed by atoms with Crippen molar-refractivity contribution in [1.29, 1.82) is 0 Å². The van der Waals surface area contributed by atoms with Crippen LogP contribution >= 0.6 is 0 Å². The number of hydrogen-bond donors (Lipinski definition) is 2. The van der Waals surface area contributed by atoms with Crippen LogP contribution in [-0.2, 0) is 6.42 Å². The topological polar surface area (TPSA) is 43.7 Å². The highest BCUT2D eigenvalue weighted by atomic mass is 16.3. The lowest BCUT2D eigenvalue weighted by Gasteiger charge is -2.21. The summed E-state index contributed by atoms with van der Waals surface area (Å²) < 4.78 is 0. The summed E-state index contributed by atoms with van der Waals surface area (Å²) >= 11 is 0. The molecule has 0 aromatic heterocycles. The predicted octanol–water partition coefficient (Wildman–Crippen LogP) is 1.53. The van der Waals surface area contributed by atoms with Crippen LogP contribution in [0.2, 0.25) is 0 Å². The fraction of sp³-hybridized carbons (Fsp3) is 0.500. The lowest BCUT2D eigenvalue weighted by atomic mass is 10.1. The number of benzene rings is 1. The largest absolute Gasteiger partial charge is 0.508 e. The first kappa shape index (κ1) is 10.3. The van der Waals surface area contributed by atoms with Crippen molar-refractivity contribution in [3.63, 3.8) is 0 Å². The summed E-state index contributed by atoms with van der Waals surface area (Å²) in [5.74, 6) is 0.299. The van der Waals surface area contributed by atoms with Gasteiger partial charge in [0.05, 0.1) is 0 Å². The average Bonchev–Trinajstić information content (AvgIpc) is 2.74. The second-order valence-electron chi connectivity index (χ2n) is 3.94. The number of aliphatic hydroxyl groups excluding tert-OH is 1. The zero-order valence-corrected chi connectivity index (χ0v) is 8.82. The van der Waals surface area contributed by atoms with Crippen molar-refractivity contribution in [2.45, 2.75) is 19.3 Å². The average molecular weight is 207 g/mol. The Bertz CT molecular complexity index is 332. The Kier molecular flexibility index (Phi) is 3.11. The summed E-state index contributed by atoms with van der Waals surface area (Å²) in [4.78, 5) is 2.28. The van der Waals surface area contributed by atoms with Gasteiger partial charge in [-0.15, -0.1) is 0 Å².